The Morgan fingerprint density at radius 1 is 1.38 bits per heavy atom. The van der Waals surface area contributed by atoms with Crippen LogP contribution in [0.4, 0.5) is 0 Å². The third-order valence-corrected chi connectivity index (χ3v) is 4.40. The van der Waals surface area contributed by atoms with Crippen molar-refractivity contribution in [2.45, 2.75) is 45.6 Å². The summed E-state index contributed by atoms with van der Waals surface area (Å²) >= 11 is 0. The van der Waals surface area contributed by atoms with Crippen molar-refractivity contribution in [2.75, 3.05) is 20.1 Å². The van der Waals surface area contributed by atoms with E-state index < -0.39 is 0 Å². The number of nitrogens with zero attached hydrogens (tertiary/aromatic N) is 1. The predicted molar refractivity (Wildman–Crippen MR) is 90.0 cm³/mol. The van der Waals surface area contributed by atoms with Crippen LogP contribution < -0.4 is 5.32 Å². The van der Waals surface area contributed by atoms with Crippen molar-refractivity contribution in [3.63, 3.8) is 0 Å². The quantitative estimate of drug-likeness (QED) is 0.846. The maximum atomic E-state index is 12.4. The largest absolute Gasteiger partial charge is 0.336 e. The molecule has 1 aliphatic rings. The molecule has 21 heavy (non-hydrogen) atoms. The van der Waals surface area contributed by atoms with Gasteiger partial charge in [-0.15, -0.1) is 12.4 Å². The minimum Gasteiger partial charge on any atom is -0.336 e. The summed E-state index contributed by atoms with van der Waals surface area (Å²) in [7, 11) is 1.93. The molecule has 0 bridgehead atoms. The minimum atomic E-state index is 0. The fraction of sp³-hybridized carbons (Fsp3) is 0.588. The molecular formula is C17H27ClN2O. The summed E-state index contributed by atoms with van der Waals surface area (Å²) in [5.41, 5.74) is 3.99. The summed E-state index contributed by atoms with van der Waals surface area (Å²) in [6.07, 6.45) is 3.80. The van der Waals surface area contributed by atoms with Gasteiger partial charge in [0.05, 0.1) is 6.04 Å². The molecular weight excluding hydrogens is 284 g/mol. The fourth-order valence-corrected chi connectivity index (χ4v) is 3.08. The van der Waals surface area contributed by atoms with E-state index in [2.05, 4.69) is 42.3 Å². The van der Waals surface area contributed by atoms with Crippen LogP contribution in [0.1, 0.15) is 48.4 Å². The van der Waals surface area contributed by atoms with Crippen molar-refractivity contribution in [1.82, 2.24) is 10.2 Å². The van der Waals surface area contributed by atoms with Gasteiger partial charge in [0.1, 0.15) is 0 Å². The maximum absolute atomic E-state index is 12.4. The monoisotopic (exact) mass is 310 g/mol. The van der Waals surface area contributed by atoms with E-state index in [4.69, 9.17) is 0 Å². The van der Waals surface area contributed by atoms with E-state index in [9.17, 15) is 4.79 Å². The Morgan fingerprint density at radius 3 is 2.86 bits per heavy atom. The molecule has 1 saturated heterocycles. The SMILES string of the molecule is CNCCCC(=O)N1CCCC1c1cccc(C)c1C.Cl. The average Bonchev–Trinajstić information content (AvgIpc) is 2.91. The lowest BCUT2D eigenvalue weighted by molar-refractivity contribution is -0.132. The van der Waals surface area contributed by atoms with Crippen molar-refractivity contribution >= 4 is 18.3 Å². The molecule has 0 aromatic heterocycles. The smallest absolute Gasteiger partial charge is 0.223 e. The van der Waals surface area contributed by atoms with Gasteiger partial charge in [0.25, 0.3) is 0 Å². The van der Waals surface area contributed by atoms with Crippen LogP contribution >= 0.6 is 12.4 Å². The Morgan fingerprint density at radius 2 is 2.14 bits per heavy atom. The highest BCUT2D eigenvalue weighted by atomic mass is 35.5. The Hall–Kier alpha value is -1.06. The van der Waals surface area contributed by atoms with Gasteiger partial charge in [-0.05, 0) is 63.4 Å². The van der Waals surface area contributed by atoms with Crippen LogP contribution in [0.25, 0.3) is 0 Å². The highest BCUT2D eigenvalue weighted by Gasteiger charge is 2.30. The van der Waals surface area contributed by atoms with E-state index in [0.29, 0.717) is 12.3 Å². The van der Waals surface area contributed by atoms with Crippen LogP contribution in [0.3, 0.4) is 0 Å². The zero-order valence-electron chi connectivity index (χ0n) is 13.3. The molecule has 1 heterocycles. The first-order valence-corrected chi connectivity index (χ1v) is 7.65. The first-order chi connectivity index (χ1) is 9.65. The number of amides is 1. The number of halogens is 1. The second-order valence-corrected chi connectivity index (χ2v) is 5.74. The molecule has 1 unspecified atom stereocenters. The zero-order chi connectivity index (χ0) is 14.5. The van der Waals surface area contributed by atoms with Gasteiger partial charge in [-0.2, -0.15) is 0 Å². The standard InChI is InChI=1S/C17H26N2O.ClH/c1-13-7-4-8-15(14(13)2)16-9-6-12-19(16)17(20)10-5-11-18-3;/h4,7-8,16,18H,5-6,9-12H2,1-3H3;1H. The van der Waals surface area contributed by atoms with Gasteiger partial charge >= 0.3 is 0 Å². The van der Waals surface area contributed by atoms with Gasteiger partial charge in [0.2, 0.25) is 5.91 Å². The summed E-state index contributed by atoms with van der Waals surface area (Å²) in [5.74, 6) is 0.309. The predicted octanol–water partition coefficient (Wildman–Crippen LogP) is 3.39. The zero-order valence-corrected chi connectivity index (χ0v) is 14.1. The second-order valence-electron chi connectivity index (χ2n) is 5.74. The number of aryl methyl sites for hydroxylation is 1. The third kappa shape index (κ3) is 4.21. The van der Waals surface area contributed by atoms with E-state index in [1.165, 1.54) is 16.7 Å². The van der Waals surface area contributed by atoms with Crippen LogP contribution in [0, 0.1) is 13.8 Å². The first-order valence-electron chi connectivity index (χ1n) is 7.65. The number of hydrogen-bond donors (Lipinski definition) is 1. The number of carbonyl (C=O) groups excluding carboxylic acids is 1. The van der Waals surface area contributed by atoms with Gasteiger partial charge in [0, 0.05) is 13.0 Å². The van der Waals surface area contributed by atoms with E-state index in [0.717, 1.165) is 32.4 Å². The molecule has 1 fully saturated rings. The summed E-state index contributed by atoms with van der Waals surface area (Å²) in [6, 6.07) is 6.73. The summed E-state index contributed by atoms with van der Waals surface area (Å²) in [5, 5.41) is 3.10. The minimum absolute atomic E-state index is 0. The van der Waals surface area contributed by atoms with Crippen molar-refractivity contribution < 1.29 is 4.79 Å². The van der Waals surface area contributed by atoms with Gasteiger partial charge in [-0.25, -0.2) is 0 Å². The number of carbonyl (C=O) groups is 1. The van der Waals surface area contributed by atoms with Crippen molar-refractivity contribution in [1.29, 1.82) is 0 Å². The van der Waals surface area contributed by atoms with Crippen molar-refractivity contribution in [3.8, 4) is 0 Å². The van der Waals surface area contributed by atoms with Crippen molar-refractivity contribution in [3.05, 3.63) is 34.9 Å². The van der Waals surface area contributed by atoms with Crippen LogP contribution in [0.15, 0.2) is 18.2 Å². The van der Waals surface area contributed by atoms with Crippen LogP contribution in [-0.4, -0.2) is 30.9 Å². The molecule has 1 aromatic carbocycles. The second kappa shape index (κ2) is 8.40. The van der Waals surface area contributed by atoms with Gasteiger partial charge in [-0.1, -0.05) is 18.2 Å². The van der Waals surface area contributed by atoms with E-state index >= 15 is 0 Å². The molecule has 0 radical (unpaired) electrons. The highest BCUT2D eigenvalue weighted by molar-refractivity contribution is 5.85. The van der Waals surface area contributed by atoms with Gasteiger partial charge < -0.3 is 10.2 Å². The van der Waals surface area contributed by atoms with Gasteiger partial charge in [0.15, 0.2) is 0 Å². The van der Waals surface area contributed by atoms with Crippen LogP contribution in [-0.2, 0) is 4.79 Å². The lowest BCUT2D eigenvalue weighted by atomic mass is 9.96. The molecule has 1 atom stereocenters. The molecule has 1 amide bonds. The summed E-state index contributed by atoms with van der Waals surface area (Å²) in [4.78, 5) is 14.5. The van der Waals surface area contributed by atoms with Crippen LogP contribution in [0.5, 0.6) is 0 Å². The number of hydrogen-bond acceptors (Lipinski definition) is 2. The Bertz CT molecular complexity index is 476. The number of rotatable bonds is 5. The molecule has 0 spiro atoms. The topological polar surface area (TPSA) is 32.3 Å². The average molecular weight is 311 g/mol. The van der Waals surface area contributed by atoms with Crippen LogP contribution in [0.2, 0.25) is 0 Å². The Balaban J connectivity index is 0.00000220. The number of benzene rings is 1. The Kier molecular flexibility index (Phi) is 7.20. The molecule has 0 aliphatic carbocycles. The van der Waals surface area contributed by atoms with Crippen molar-refractivity contribution in [2.24, 2.45) is 0 Å². The lowest BCUT2D eigenvalue weighted by Gasteiger charge is -2.27. The third-order valence-electron chi connectivity index (χ3n) is 4.40. The summed E-state index contributed by atoms with van der Waals surface area (Å²) in [6.45, 7) is 6.14. The Labute approximate surface area is 134 Å². The highest BCUT2D eigenvalue weighted by Crippen LogP contribution is 2.34. The number of nitrogens with one attached hydrogen (secondary N) is 1. The summed E-state index contributed by atoms with van der Waals surface area (Å²) < 4.78 is 0. The van der Waals surface area contributed by atoms with E-state index in [1.54, 1.807) is 0 Å². The molecule has 1 N–H and O–H groups in total. The molecule has 1 aromatic rings. The first kappa shape index (κ1) is 18.0. The molecule has 0 saturated carbocycles. The fourth-order valence-electron chi connectivity index (χ4n) is 3.08. The maximum Gasteiger partial charge on any atom is 0.223 e. The molecule has 2 rings (SSSR count). The molecule has 3 nitrogen and oxygen atoms in total. The normalized spacial score (nSPS) is 17.7. The molecule has 1 aliphatic heterocycles. The molecule has 4 heteroatoms. The van der Waals surface area contributed by atoms with E-state index in [1.807, 2.05) is 7.05 Å². The van der Waals surface area contributed by atoms with Gasteiger partial charge in [-0.3, -0.25) is 4.79 Å². The molecule has 118 valence electrons. The van der Waals surface area contributed by atoms with E-state index in [-0.39, 0.29) is 18.4 Å². The lowest BCUT2D eigenvalue weighted by Crippen LogP contribution is -2.31. The number of likely N-dealkylation sites (tertiary alicyclic amines) is 1.